The second kappa shape index (κ2) is 11.9. The summed E-state index contributed by atoms with van der Waals surface area (Å²) in [4.78, 5) is 45.0. The van der Waals surface area contributed by atoms with Gasteiger partial charge in [-0.25, -0.2) is 13.8 Å². The van der Waals surface area contributed by atoms with Crippen molar-refractivity contribution in [3.63, 3.8) is 0 Å². The van der Waals surface area contributed by atoms with Gasteiger partial charge in [-0.15, -0.1) is 4.80 Å². The molecular formula is C27H31FN6O6S. The van der Waals surface area contributed by atoms with Gasteiger partial charge in [0.25, 0.3) is 5.56 Å². The van der Waals surface area contributed by atoms with Crippen molar-refractivity contribution < 1.29 is 23.8 Å². The minimum Gasteiger partial charge on any atom is -0.496 e. The van der Waals surface area contributed by atoms with E-state index in [-0.39, 0.29) is 31.1 Å². The SMILES string of the molecule is CCN1CCCC(n2c(=O)c3c(C)c(-n4nccn4)sc3n(CC(OCCO)c3cc(F)ccc3OC)c2=O)C1=O. The first-order chi connectivity index (χ1) is 19.8. The molecule has 1 aromatic carbocycles. The van der Waals surface area contributed by atoms with Crippen LogP contribution in [0.2, 0.25) is 0 Å². The molecule has 14 heteroatoms. The number of aliphatic hydroxyl groups is 1. The second-order valence-corrected chi connectivity index (χ2v) is 10.6. The van der Waals surface area contributed by atoms with Crippen LogP contribution in [-0.4, -0.2) is 73.5 Å². The third-order valence-corrected chi connectivity index (χ3v) is 8.59. The van der Waals surface area contributed by atoms with E-state index in [9.17, 15) is 23.9 Å². The van der Waals surface area contributed by atoms with E-state index in [4.69, 9.17) is 9.47 Å². The van der Waals surface area contributed by atoms with E-state index in [2.05, 4.69) is 10.2 Å². The van der Waals surface area contributed by atoms with Crippen LogP contribution in [0.15, 0.2) is 40.2 Å². The van der Waals surface area contributed by atoms with Crippen molar-refractivity contribution in [2.45, 2.75) is 45.4 Å². The van der Waals surface area contributed by atoms with Gasteiger partial charge in [0.1, 0.15) is 33.5 Å². The normalized spacial score (nSPS) is 16.5. The van der Waals surface area contributed by atoms with Crippen LogP contribution in [0.1, 0.15) is 43.0 Å². The van der Waals surface area contributed by atoms with E-state index in [0.717, 1.165) is 15.9 Å². The van der Waals surface area contributed by atoms with Gasteiger partial charge in [0.2, 0.25) is 5.91 Å². The van der Waals surface area contributed by atoms with E-state index in [1.807, 2.05) is 6.92 Å². The van der Waals surface area contributed by atoms with E-state index in [1.165, 1.54) is 47.1 Å². The number of hydrogen-bond donors (Lipinski definition) is 1. The Labute approximate surface area is 238 Å². The van der Waals surface area contributed by atoms with Crippen molar-refractivity contribution in [3.8, 4) is 10.8 Å². The molecule has 218 valence electrons. The van der Waals surface area contributed by atoms with Crippen molar-refractivity contribution in [2.75, 3.05) is 33.4 Å². The number of benzene rings is 1. The van der Waals surface area contributed by atoms with Crippen molar-refractivity contribution in [1.29, 1.82) is 0 Å². The van der Waals surface area contributed by atoms with E-state index < -0.39 is 29.2 Å². The number of carbonyl (C=O) groups is 1. The maximum absolute atomic E-state index is 14.4. The number of fused-ring (bicyclic) bond motifs is 1. The summed E-state index contributed by atoms with van der Waals surface area (Å²) >= 11 is 1.15. The zero-order valence-corrected chi connectivity index (χ0v) is 23.8. The van der Waals surface area contributed by atoms with Gasteiger partial charge in [-0.2, -0.15) is 10.2 Å². The quantitative estimate of drug-likeness (QED) is 0.299. The first-order valence-electron chi connectivity index (χ1n) is 13.3. The summed E-state index contributed by atoms with van der Waals surface area (Å²) < 4.78 is 28.2. The Morgan fingerprint density at radius 3 is 2.66 bits per heavy atom. The van der Waals surface area contributed by atoms with Gasteiger partial charge >= 0.3 is 5.69 Å². The maximum Gasteiger partial charge on any atom is 0.332 e. The number of piperidine rings is 1. The fraction of sp³-hybridized carbons (Fsp3) is 0.444. The number of hydrogen-bond acceptors (Lipinski definition) is 9. The average Bonchev–Trinajstić information content (AvgIpc) is 3.62. The van der Waals surface area contributed by atoms with Crippen LogP contribution >= 0.6 is 11.3 Å². The molecule has 0 aliphatic carbocycles. The molecule has 0 saturated carbocycles. The molecule has 1 fully saturated rings. The lowest BCUT2D eigenvalue weighted by Crippen LogP contribution is -2.50. The number of amides is 1. The van der Waals surface area contributed by atoms with Crippen LogP contribution in [0, 0.1) is 12.7 Å². The highest BCUT2D eigenvalue weighted by atomic mass is 32.1. The molecule has 1 N–H and O–H groups in total. The third kappa shape index (κ3) is 5.18. The molecule has 5 rings (SSSR count). The van der Waals surface area contributed by atoms with E-state index in [0.29, 0.717) is 52.6 Å². The lowest BCUT2D eigenvalue weighted by Gasteiger charge is -2.32. The van der Waals surface area contributed by atoms with Crippen LogP contribution in [0.5, 0.6) is 5.75 Å². The van der Waals surface area contributed by atoms with Crippen LogP contribution in [0.3, 0.4) is 0 Å². The van der Waals surface area contributed by atoms with Gasteiger partial charge in [-0.3, -0.25) is 14.2 Å². The lowest BCUT2D eigenvalue weighted by atomic mass is 10.0. The molecule has 4 aromatic rings. The fourth-order valence-corrected chi connectivity index (χ4v) is 6.55. The Balaban J connectivity index is 1.76. The topological polar surface area (TPSA) is 134 Å². The van der Waals surface area contributed by atoms with Gasteiger partial charge in [-0.1, -0.05) is 11.3 Å². The molecule has 41 heavy (non-hydrogen) atoms. The molecule has 1 aliphatic heterocycles. The number of thiophene rings is 1. The van der Waals surface area contributed by atoms with Gasteiger partial charge in [0.15, 0.2) is 0 Å². The number of rotatable bonds is 10. The molecule has 2 atom stereocenters. The predicted molar refractivity (Wildman–Crippen MR) is 149 cm³/mol. The summed E-state index contributed by atoms with van der Waals surface area (Å²) in [6, 6.07) is 2.99. The number of likely N-dealkylation sites (tertiary alicyclic amines) is 1. The van der Waals surface area contributed by atoms with Crippen molar-refractivity contribution in [2.24, 2.45) is 0 Å². The Bertz CT molecular complexity index is 1680. The highest BCUT2D eigenvalue weighted by Gasteiger charge is 2.34. The smallest absolute Gasteiger partial charge is 0.332 e. The monoisotopic (exact) mass is 586 g/mol. The highest BCUT2D eigenvalue weighted by molar-refractivity contribution is 7.21. The minimum absolute atomic E-state index is 0.0969. The summed E-state index contributed by atoms with van der Waals surface area (Å²) in [5, 5.41) is 18.7. The number of carbonyl (C=O) groups excluding carboxylic acids is 1. The molecule has 0 spiro atoms. The van der Waals surface area contributed by atoms with E-state index >= 15 is 0 Å². The molecule has 0 bridgehead atoms. The van der Waals surface area contributed by atoms with Crippen LogP contribution < -0.4 is 16.0 Å². The van der Waals surface area contributed by atoms with Gasteiger partial charge in [0, 0.05) is 24.2 Å². The van der Waals surface area contributed by atoms with Gasteiger partial charge in [-0.05, 0) is 44.9 Å². The Hall–Kier alpha value is -3.88. The zero-order chi connectivity index (χ0) is 29.3. The first kappa shape index (κ1) is 28.6. The summed E-state index contributed by atoms with van der Waals surface area (Å²) in [6.45, 7) is 4.05. The Morgan fingerprint density at radius 2 is 1.98 bits per heavy atom. The summed E-state index contributed by atoms with van der Waals surface area (Å²) in [5.41, 5.74) is -0.374. The standard InChI is InChI=1S/C27H31FN6O6S/c1-4-31-11-5-6-19(23(31)36)33-24(37)22-16(2)25(34-29-9-10-30-34)41-26(22)32(27(33)38)15-21(40-13-12-35)18-14-17(28)7-8-20(18)39-3/h7-10,14,19,21,35H,4-6,11-13,15H2,1-3H3. The molecule has 1 amide bonds. The highest BCUT2D eigenvalue weighted by Crippen LogP contribution is 2.34. The predicted octanol–water partition coefficient (Wildman–Crippen LogP) is 2.20. The number of aromatic nitrogens is 5. The molecule has 0 radical (unpaired) electrons. The molecule has 2 unspecified atom stereocenters. The van der Waals surface area contributed by atoms with Crippen molar-refractivity contribution >= 4 is 27.5 Å². The largest absolute Gasteiger partial charge is 0.496 e. The Morgan fingerprint density at radius 1 is 1.22 bits per heavy atom. The number of aliphatic hydroxyl groups excluding tert-OH is 1. The number of nitrogens with zero attached hydrogens (tertiary/aromatic N) is 6. The summed E-state index contributed by atoms with van der Waals surface area (Å²) in [6.07, 6.45) is 3.05. The number of methoxy groups -OCH3 is 1. The van der Waals surface area contributed by atoms with Crippen LogP contribution in [0.4, 0.5) is 4.39 Å². The molecule has 1 aliphatic rings. The third-order valence-electron chi connectivity index (χ3n) is 7.31. The Kier molecular flexibility index (Phi) is 8.33. The molecule has 1 saturated heterocycles. The number of likely N-dealkylation sites (N-methyl/N-ethyl adjacent to an activating group) is 1. The molecular weight excluding hydrogens is 555 g/mol. The molecule has 12 nitrogen and oxygen atoms in total. The summed E-state index contributed by atoms with van der Waals surface area (Å²) in [5.74, 6) is -0.491. The van der Waals surface area contributed by atoms with Crippen molar-refractivity contribution in [3.05, 3.63) is 68.4 Å². The number of aryl methyl sites for hydroxylation is 1. The van der Waals surface area contributed by atoms with Gasteiger partial charge in [0.05, 0.1) is 44.6 Å². The van der Waals surface area contributed by atoms with Gasteiger partial charge < -0.3 is 19.5 Å². The number of halogens is 1. The maximum atomic E-state index is 14.4. The van der Waals surface area contributed by atoms with Crippen LogP contribution in [-0.2, 0) is 16.1 Å². The van der Waals surface area contributed by atoms with E-state index in [1.54, 1.807) is 11.8 Å². The molecule has 4 heterocycles. The lowest BCUT2D eigenvalue weighted by molar-refractivity contribution is -0.137. The average molecular weight is 587 g/mol. The minimum atomic E-state index is -0.967. The first-order valence-corrected chi connectivity index (χ1v) is 14.1. The number of ether oxygens (including phenoxy) is 2. The zero-order valence-electron chi connectivity index (χ0n) is 22.9. The van der Waals surface area contributed by atoms with Crippen LogP contribution in [0.25, 0.3) is 15.2 Å². The fourth-order valence-electron chi connectivity index (χ4n) is 5.33. The molecule has 3 aromatic heterocycles. The second-order valence-electron chi connectivity index (χ2n) is 9.64. The van der Waals surface area contributed by atoms with Crippen molar-refractivity contribution in [1.82, 2.24) is 29.0 Å². The summed E-state index contributed by atoms with van der Waals surface area (Å²) in [7, 11) is 1.44.